The topological polar surface area (TPSA) is 92.7 Å². The summed E-state index contributed by atoms with van der Waals surface area (Å²) < 4.78 is 33.0. The van der Waals surface area contributed by atoms with Crippen molar-refractivity contribution in [3.63, 3.8) is 0 Å². The monoisotopic (exact) mass is 443 g/mol. The van der Waals surface area contributed by atoms with E-state index in [0.717, 1.165) is 16.9 Å². The van der Waals surface area contributed by atoms with Crippen LogP contribution in [-0.2, 0) is 14.8 Å². The van der Waals surface area contributed by atoms with Gasteiger partial charge in [-0.25, -0.2) is 8.42 Å². The summed E-state index contributed by atoms with van der Waals surface area (Å²) in [5.41, 5.74) is 2.32. The zero-order chi connectivity index (χ0) is 21.7. The number of thiol groups is 1. The van der Waals surface area contributed by atoms with E-state index in [0.29, 0.717) is 5.56 Å². The molecule has 0 aliphatic rings. The number of nitrogens with one attached hydrogen (secondary N) is 1. The Bertz CT molecular complexity index is 1100. The van der Waals surface area contributed by atoms with Gasteiger partial charge in [-0.05, 0) is 41.0 Å². The van der Waals surface area contributed by atoms with Crippen LogP contribution in [-0.4, -0.2) is 32.6 Å². The Morgan fingerprint density at radius 3 is 1.97 bits per heavy atom. The number of hydrogen-bond acceptors (Lipinski definition) is 5. The van der Waals surface area contributed by atoms with Crippen molar-refractivity contribution >= 4 is 28.6 Å². The molecule has 30 heavy (non-hydrogen) atoms. The minimum absolute atomic E-state index is 0.0281. The predicted molar refractivity (Wildman–Crippen MR) is 118 cm³/mol. The maximum Gasteiger partial charge on any atom is 0.323 e. The molecule has 0 aliphatic heterocycles. The molecule has 0 saturated heterocycles. The molecule has 3 rings (SSSR count). The molecule has 0 spiro atoms. The summed E-state index contributed by atoms with van der Waals surface area (Å²) in [6.07, 6.45) is 0. The predicted octanol–water partition coefficient (Wildman–Crippen LogP) is 3.76. The molecular formula is C22H21NO5S2. The first-order valence-corrected chi connectivity index (χ1v) is 11.0. The normalized spacial score (nSPS) is 13.4. The van der Waals surface area contributed by atoms with E-state index in [9.17, 15) is 18.3 Å². The van der Waals surface area contributed by atoms with Gasteiger partial charge in [-0.2, -0.15) is 17.4 Å². The maximum absolute atomic E-state index is 12.8. The highest BCUT2D eigenvalue weighted by atomic mass is 32.2. The van der Waals surface area contributed by atoms with E-state index in [1.54, 1.807) is 49.6 Å². The molecule has 0 fully saturated rings. The van der Waals surface area contributed by atoms with Crippen molar-refractivity contribution in [3.05, 3.63) is 84.4 Å². The molecule has 3 aromatic carbocycles. The molecule has 156 valence electrons. The molecule has 0 bridgehead atoms. The Labute approximate surface area is 181 Å². The van der Waals surface area contributed by atoms with Gasteiger partial charge < -0.3 is 9.84 Å². The second kappa shape index (κ2) is 9.34. The first-order valence-electron chi connectivity index (χ1n) is 9.04. The number of benzene rings is 3. The third-order valence-corrected chi connectivity index (χ3v) is 6.65. The summed E-state index contributed by atoms with van der Waals surface area (Å²) in [7, 11) is -2.48. The molecule has 2 atom stereocenters. The Balaban J connectivity index is 1.82. The van der Waals surface area contributed by atoms with E-state index in [-0.39, 0.29) is 4.90 Å². The molecule has 0 aliphatic carbocycles. The van der Waals surface area contributed by atoms with Crippen molar-refractivity contribution in [1.29, 1.82) is 0 Å². The standard InChI is InChI=1S/C22H21NO5S2/c1-28-18-11-7-15(8-12-18)16-9-13-19(14-10-16)30(26,27)23-20(22(24)25)21(29)17-5-3-2-4-6-17/h2-14,20-21,23,29H,1H3,(H,24,25)/t20?,21-/m1/s1. The molecule has 0 aromatic heterocycles. The number of hydrogen-bond donors (Lipinski definition) is 3. The average Bonchev–Trinajstić information content (AvgIpc) is 2.77. The van der Waals surface area contributed by atoms with Crippen LogP contribution in [0.1, 0.15) is 10.8 Å². The zero-order valence-electron chi connectivity index (χ0n) is 16.1. The lowest BCUT2D eigenvalue weighted by Gasteiger charge is -2.21. The van der Waals surface area contributed by atoms with Gasteiger partial charge in [0.05, 0.1) is 17.3 Å². The van der Waals surface area contributed by atoms with Crippen LogP contribution in [0.15, 0.2) is 83.8 Å². The van der Waals surface area contributed by atoms with Gasteiger partial charge in [-0.1, -0.05) is 54.6 Å². The Morgan fingerprint density at radius 2 is 1.47 bits per heavy atom. The van der Waals surface area contributed by atoms with Crippen molar-refractivity contribution < 1.29 is 23.1 Å². The molecule has 1 unspecified atom stereocenters. The summed E-state index contributed by atoms with van der Waals surface area (Å²) in [6.45, 7) is 0. The molecule has 0 amide bonds. The minimum Gasteiger partial charge on any atom is -0.497 e. The number of methoxy groups -OCH3 is 1. The Kier molecular flexibility index (Phi) is 6.81. The van der Waals surface area contributed by atoms with E-state index in [4.69, 9.17) is 4.74 Å². The maximum atomic E-state index is 12.8. The van der Waals surface area contributed by atoms with Gasteiger partial charge in [0.25, 0.3) is 0 Å². The van der Waals surface area contributed by atoms with E-state index >= 15 is 0 Å². The smallest absolute Gasteiger partial charge is 0.323 e. The highest BCUT2D eigenvalue weighted by Gasteiger charge is 2.31. The van der Waals surface area contributed by atoms with Crippen molar-refractivity contribution in [1.82, 2.24) is 4.72 Å². The molecule has 8 heteroatoms. The number of carboxylic acid groups (broad SMARTS) is 1. The fourth-order valence-corrected chi connectivity index (χ4v) is 4.61. The second-order valence-electron chi connectivity index (χ2n) is 6.55. The molecule has 2 N–H and O–H groups in total. The Hall–Kier alpha value is -2.81. The number of rotatable bonds is 8. The van der Waals surface area contributed by atoms with Gasteiger partial charge in [-0.15, -0.1) is 0 Å². The lowest BCUT2D eigenvalue weighted by atomic mass is 10.1. The largest absolute Gasteiger partial charge is 0.497 e. The molecule has 0 radical (unpaired) electrons. The van der Waals surface area contributed by atoms with E-state index in [1.165, 1.54) is 12.1 Å². The van der Waals surface area contributed by atoms with Crippen LogP contribution < -0.4 is 9.46 Å². The fourth-order valence-electron chi connectivity index (χ4n) is 2.94. The number of sulfonamides is 1. The lowest BCUT2D eigenvalue weighted by molar-refractivity contribution is -0.139. The van der Waals surface area contributed by atoms with Crippen LogP contribution in [0.4, 0.5) is 0 Å². The third-order valence-electron chi connectivity index (χ3n) is 4.59. The molecule has 0 heterocycles. The summed E-state index contributed by atoms with van der Waals surface area (Å²) in [5.74, 6) is -0.584. The van der Waals surface area contributed by atoms with Crippen LogP contribution in [0, 0.1) is 0 Å². The number of ether oxygens (including phenoxy) is 1. The van der Waals surface area contributed by atoms with Crippen LogP contribution >= 0.6 is 12.6 Å². The van der Waals surface area contributed by atoms with E-state index < -0.39 is 27.3 Å². The van der Waals surface area contributed by atoms with E-state index in [1.807, 2.05) is 24.3 Å². The molecule has 3 aromatic rings. The van der Waals surface area contributed by atoms with Gasteiger partial charge in [0.15, 0.2) is 0 Å². The number of carboxylic acids is 1. The second-order valence-corrected chi connectivity index (χ2v) is 8.82. The Morgan fingerprint density at radius 1 is 0.933 bits per heavy atom. The molecule has 0 saturated carbocycles. The van der Waals surface area contributed by atoms with Gasteiger partial charge in [0, 0.05) is 0 Å². The first kappa shape index (κ1) is 21.9. The average molecular weight is 444 g/mol. The molecule has 6 nitrogen and oxygen atoms in total. The van der Waals surface area contributed by atoms with Gasteiger partial charge in [0.1, 0.15) is 11.8 Å². The summed E-state index contributed by atoms with van der Waals surface area (Å²) in [6, 6.07) is 20.8. The van der Waals surface area contributed by atoms with E-state index in [2.05, 4.69) is 17.4 Å². The van der Waals surface area contributed by atoms with Gasteiger partial charge in [0.2, 0.25) is 10.0 Å². The fraction of sp³-hybridized carbons (Fsp3) is 0.136. The summed E-state index contributed by atoms with van der Waals surface area (Å²) in [4.78, 5) is 11.7. The van der Waals surface area contributed by atoms with Crippen molar-refractivity contribution in [2.75, 3.05) is 7.11 Å². The lowest BCUT2D eigenvalue weighted by Crippen LogP contribution is -2.43. The third kappa shape index (κ3) is 5.02. The van der Waals surface area contributed by atoms with Gasteiger partial charge in [-0.3, -0.25) is 4.79 Å². The van der Waals surface area contributed by atoms with Crippen LogP contribution in [0.2, 0.25) is 0 Å². The SMILES string of the molecule is COc1ccc(-c2ccc(S(=O)(=O)NC(C(=O)O)[C@H](S)c3ccccc3)cc2)cc1. The van der Waals surface area contributed by atoms with Crippen LogP contribution in [0.3, 0.4) is 0 Å². The summed E-state index contributed by atoms with van der Waals surface area (Å²) in [5, 5.41) is 8.71. The van der Waals surface area contributed by atoms with Crippen molar-refractivity contribution in [3.8, 4) is 16.9 Å². The van der Waals surface area contributed by atoms with Crippen molar-refractivity contribution in [2.45, 2.75) is 16.2 Å². The number of carbonyl (C=O) groups is 1. The zero-order valence-corrected chi connectivity index (χ0v) is 17.8. The minimum atomic E-state index is -4.07. The number of aliphatic carboxylic acids is 1. The van der Waals surface area contributed by atoms with Crippen LogP contribution in [0.5, 0.6) is 5.75 Å². The van der Waals surface area contributed by atoms with Crippen LogP contribution in [0.25, 0.3) is 11.1 Å². The highest BCUT2D eigenvalue weighted by molar-refractivity contribution is 7.89. The molecular weight excluding hydrogens is 422 g/mol. The van der Waals surface area contributed by atoms with Gasteiger partial charge >= 0.3 is 5.97 Å². The summed E-state index contributed by atoms with van der Waals surface area (Å²) >= 11 is 4.34. The van der Waals surface area contributed by atoms with Crippen molar-refractivity contribution in [2.24, 2.45) is 0 Å². The quantitative estimate of drug-likeness (QED) is 0.461. The highest BCUT2D eigenvalue weighted by Crippen LogP contribution is 2.27. The first-order chi connectivity index (χ1) is 14.3.